The van der Waals surface area contributed by atoms with Crippen LogP contribution >= 0.6 is 31.9 Å². The molecular weight excluding hydrogens is 401 g/mol. The Balaban J connectivity index is 2.35. The molecule has 2 aromatic carbocycles. The molecule has 2 rings (SSSR count). The molecule has 0 saturated carbocycles. The molecule has 0 amide bonds. The van der Waals surface area contributed by atoms with Crippen LogP contribution in [0.15, 0.2) is 39.3 Å². The molecule has 6 heteroatoms. The summed E-state index contributed by atoms with van der Waals surface area (Å²) in [5.74, 6) is -2.20. The first-order chi connectivity index (χ1) is 9.40. The number of benzene rings is 2. The van der Waals surface area contributed by atoms with E-state index in [2.05, 4.69) is 31.9 Å². The van der Waals surface area contributed by atoms with Gasteiger partial charge >= 0.3 is 0 Å². The number of hydrogen-bond acceptors (Lipinski definition) is 1. The molecule has 20 heavy (non-hydrogen) atoms. The van der Waals surface area contributed by atoms with Crippen LogP contribution in [0.2, 0.25) is 0 Å². The minimum atomic E-state index is -1.34. The lowest BCUT2D eigenvalue weighted by molar-refractivity contribution is 0.170. The molecule has 106 valence electrons. The number of hydrogen-bond donors (Lipinski definition) is 1. The predicted octanol–water partition coefficient (Wildman–Crippen LogP) is 4.91. The van der Waals surface area contributed by atoms with Gasteiger partial charge in [0.05, 0.1) is 10.6 Å². The molecular formula is C14H9Br2F3O. The topological polar surface area (TPSA) is 20.2 Å². The number of rotatable bonds is 3. The van der Waals surface area contributed by atoms with E-state index in [1.165, 1.54) is 24.3 Å². The van der Waals surface area contributed by atoms with Crippen molar-refractivity contribution < 1.29 is 18.3 Å². The Morgan fingerprint density at radius 1 is 1.00 bits per heavy atom. The van der Waals surface area contributed by atoms with Gasteiger partial charge in [-0.25, -0.2) is 13.2 Å². The Kier molecular flexibility index (Phi) is 4.88. The molecule has 0 aliphatic heterocycles. The van der Waals surface area contributed by atoms with Gasteiger partial charge in [0, 0.05) is 22.0 Å². The lowest BCUT2D eigenvalue weighted by Crippen LogP contribution is -2.08. The van der Waals surface area contributed by atoms with Gasteiger partial charge in [0.25, 0.3) is 0 Å². The largest absolute Gasteiger partial charge is 0.388 e. The van der Waals surface area contributed by atoms with E-state index in [4.69, 9.17) is 0 Å². The van der Waals surface area contributed by atoms with Crippen LogP contribution in [-0.4, -0.2) is 5.11 Å². The quantitative estimate of drug-likeness (QED) is 0.714. The van der Waals surface area contributed by atoms with Crippen molar-refractivity contribution in [1.29, 1.82) is 0 Å². The second-order valence-corrected chi connectivity index (χ2v) is 5.98. The third kappa shape index (κ3) is 3.24. The van der Waals surface area contributed by atoms with Crippen LogP contribution in [0.1, 0.15) is 17.2 Å². The van der Waals surface area contributed by atoms with Gasteiger partial charge in [0.15, 0.2) is 0 Å². The minimum absolute atomic E-state index is 0.0156. The summed E-state index contributed by atoms with van der Waals surface area (Å²) in [6, 6.07) is 6.36. The first kappa shape index (κ1) is 15.5. The average molecular weight is 410 g/mol. The molecule has 1 atom stereocenters. The van der Waals surface area contributed by atoms with Crippen LogP contribution in [0.4, 0.5) is 13.2 Å². The smallest absolute Gasteiger partial charge is 0.143 e. The number of aliphatic hydroxyl groups excluding tert-OH is 1. The summed E-state index contributed by atoms with van der Waals surface area (Å²) >= 11 is 6.10. The zero-order chi connectivity index (χ0) is 14.9. The average Bonchev–Trinajstić information content (AvgIpc) is 2.41. The molecule has 1 unspecified atom stereocenters. The first-order valence-corrected chi connectivity index (χ1v) is 7.24. The second kappa shape index (κ2) is 6.28. The highest BCUT2D eigenvalue weighted by atomic mass is 79.9. The third-order valence-electron chi connectivity index (χ3n) is 2.85. The second-order valence-electron chi connectivity index (χ2n) is 4.21. The van der Waals surface area contributed by atoms with Crippen molar-refractivity contribution in [3.8, 4) is 0 Å². The lowest BCUT2D eigenvalue weighted by atomic mass is 10.0. The molecule has 1 nitrogen and oxygen atoms in total. The first-order valence-electron chi connectivity index (χ1n) is 5.65. The molecule has 0 spiro atoms. The van der Waals surface area contributed by atoms with Crippen molar-refractivity contribution in [2.45, 2.75) is 12.5 Å². The zero-order valence-corrected chi connectivity index (χ0v) is 13.2. The number of halogens is 5. The molecule has 0 aliphatic rings. The van der Waals surface area contributed by atoms with Gasteiger partial charge in [-0.15, -0.1) is 0 Å². The van der Waals surface area contributed by atoms with E-state index >= 15 is 0 Å². The van der Waals surface area contributed by atoms with Crippen LogP contribution in [0.3, 0.4) is 0 Å². The zero-order valence-electron chi connectivity index (χ0n) is 10.0. The SMILES string of the molecule is OC(Cc1c(F)ccc(Br)c1F)c1cc(Br)ccc1F. The highest BCUT2D eigenvalue weighted by Crippen LogP contribution is 2.28. The number of aliphatic hydroxyl groups is 1. The van der Waals surface area contributed by atoms with Gasteiger partial charge in [-0.2, -0.15) is 0 Å². The molecule has 0 saturated heterocycles. The minimum Gasteiger partial charge on any atom is -0.388 e. The van der Waals surface area contributed by atoms with E-state index in [0.29, 0.717) is 4.47 Å². The van der Waals surface area contributed by atoms with E-state index in [1.807, 2.05) is 0 Å². The summed E-state index contributed by atoms with van der Waals surface area (Å²) in [6.45, 7) is 0. The van der Waals surface area contributed by atoms with Crippen molar-refractivity contribution in [1.82, 2.24) is 0 Å². The maximum Gasteiger partial charge on any atom is 0.143 e. The monoisotopic (exact) mass is 408 g/mol. The van der Waals surface area contributed by atoms with Crippen LogP contribution in [0.25, 0.3) is 0 Å². The fraction of sp³-hybridized carbons (Fsp3) is 0.143. The Hall–Kier alpha value is -0.850. The normalized spacial score (nSPS) is 12.5. The van der Waals surface area contributed by atoms with Crippen LogP contribution < -0.4 is 0 Å². The lowest BCUT2D eigenvalue weighted by Gasteiger charge is -2.14. The molecule has 2 aromatic rings. The molecule has 0 aliphatic carbocycles. The van der Waals surface area contributed by atoms with Crippen molar-refractivity contribution >= 4 is 31.9 Å². The van der Waals surface area contributed by atoms with E-state index in [9.17, 15) is 18.3 Å². The van der Waals surface area contributed by atoms with E-state index in [-0.39, 0.29) is 22.0 Å². The van der Waals surface area contributed by atoms with Gasteiger partial charge in [0.2, 0.25) is 0 Å². The Bertz CT molecular complexity index is 647. The Morgan fingerprint density at radius 2 is 1.65 bits per heavy atom. The van der Waals surface area contributed by atoms with Crippen molar-refractivity contribution in [3.05, 3.63) is 67.9 Å². The van der Waals surface area contributed by atoms with Crippen LogP contribution in [0, 0.1) is 17.5 Å². The fourth-order valence-corrected chi connectivity index (χ4v) is 2.58. The standard InChI is InChI=1S/C14H9Br2F3O/c15-7-1-3-11(17)8(5-7)13(20)6-9-12(18)4-2-10(16)14(9)19/h1-5,13,20H,6H2. The van der Waals surface area contributed by atoms with Crippen molar-refractivity contribution in [2.75, 3.05) is 0 Å². The maximum atomic E-state index is 13.8. The molecule has 0 aromatic heterocycles. The molecule has 0 fully saturated rings. The van der Waals surface area contributed by atoms with E-state index in [1.54, 1.807) is 0 Å². The predicted molar refractivity (Wildman–Crippen MR) is 76.8 cm³/mol. The third-order valence-corrected chi connectivity index (χ3v) is 3.96. The summed E-state index contributed by atoms with van der Waals surface area (Å²) < 4.78 is 41.7. The van der Waals surface area contributed by atoms with Gasteiger partial charge in [-0.05, 0) is 46.3 Å². The van der Waals surface area contributed by atoms with Gasteiger partial charge < -0.3 is 5.11 Å². The van der Waals surface area contributed by atoms with Gasteiger partial charge in [-0.1, -0.05) is 15.9 Å². The van der Waals surface area contributed by atoms with E-state index in [0.717, 1.165) is 6.07 Å². The summed E-state index contributed by atoms with van der Waals surface area (Å²) in [5.41, 5.74) is -0.301. The maximum absolute atomic E-state index is 13.8. The van der Waals surface area contributed by atoms with Crippen molar-refractivity contribution in [2.24, 2.45) is 0 Å². The fourth-order valence-electron chi connectivity index (χ4n) is 1.83. The van der Waals surface area contributed by atoms with Gasteiger partial charge in [0.1, 0.15) is 17.5 Å². The van der Waals surface area contributed by atoms with Gasteiger partial charge in [-0.3, -0.25) is 0 Å². The summed E-state index contributed by atoms with van der Waals surface area (Å²) in [7, 11) is 0. The molecule has 0 bridgehead atoms. The van der Waals surface area contributed by atoms with E-state index < -0.39 is 23.6 Å². The summed E-state index contributed by atoms with van der Waals surface area (Å²) in [6.07, 6.45) is -1.70. The Labute approximate surface area is 130 Å². The Morgan fingerprint density at radius 3 is 2.35 bits per heavy atom. The van der Waals surface area contributed by atoms with Crippen LogP contribution in [0.5, 0.6) is 0 Å². The summed E-state index contributed by atoms with van der Waals surface area (Å²) in [4.78, 5) is 0. The van der Waals surface area contributed by atoms with Crippen molar-refractivity contribution in [3.63, 3.8) is 0 Å². The molecule has 0 heterocycles. The molecule has 0 radical (unpaired) electrons. The molecule has 1 N–H and O–H groups in total. The highest BCUT2D eigenvalue weighted by molar-refractivity contribution is 9.10. The summed E-state index contributed by atoms with van der Waals surface area (Å²) in [5, 5.41) is 10.0. The van der Waals surface area contributed by atoms with Crippen LogP contribution in [-0.2, 0) is 6.42 Å². The highest BCUT2D eigenvalue weighted by Gasteiger charge is 2.20.